The summed E-state index contributed by atoms with van der Waals surface area (Å²) in [7, 11) is 1.66. The molecule has 0 unspecified atom stereocenters. The highest BCUT2D eigenvalue weighted by atomic mass is 16.2. The summed E-state index contributed by atoms with van der Waals surface area (Å²) in [4.78, 5) is 27.3. The molecule has 1 aromatic carbocycles. The van der Waals surface area contributed by atoms with Crippen LogP contribution in [0.5, 0.6) is 0 Å². The molecule has 0 spiro atoms. The van der Waals surface area contributed by atoms with Crippen LogP contribution in [0.4, 0.5) is 0 Å². The largest absolute Gasteiger partial charge is 0.342 e. The molecule has 4 nitrogen and oxygen atoms in total. The van der Waals surface area contributed by atoms with Crippen molar-refractivity contribution in [3.05, 3.63) is 35.4 Å². The van der Waals surface area contributed by atoms with Crippen molar-refractivity contribution < 1.29 is 9.59 Å². The maximum absolute atomic E-state index is 12.1. The number of likely N-dealkylation sites (N-methyl/N-ethyl adjacent to an activating group) is 2. The minimum Gasteiger partial charge on any atom is -0.342 e. The van der Waals surface area contributed by atoms with Crippen LogP contribution >= 0.6 is 0 Å². The van der Waals surface area contributed by atoms with Gasteiger partial charge in [0.15, 0.2) is 0 Å². The topological polar surface area (TPSA) is 40.6 Å². The fourth-order valence-electron chi connectivity index (χ4n) is 1.87. The molecule has 0 aliphatic carbocycles. The van der Waals surface area contributed by atoms with E-state index in [1.165, 1.54) is 4.90 Å². The van der Waals surface area contributed by atoms with Crippen LogP contribution in [-0.4, -0.2) is 48.3 Å². The van der Waals surface area contributed by atoms with Crippen LogP contribution in [0.3, 0.4) is 0 Å². The van der Waals surface area contributed by atoms with Crippen LogP contribution in [0.1, 0.15) is 29.8 Å². The number of benzene rings is 1. The molecule has 0 saturated heterocycles. The number of nitrogens with zero attached hydrogens (tertiary/aromatic N) is 2. The van der Waals surface area contributed by atoms with E-state index in [1.807, 2.05) is 32.9 Å². The zero-order valence-corrected chi connectivity index (χ0v) is 12.1. The van der Waals surface area contributed by atoms with Crippen LogP contribution in [0.2, 0.25) is 0 Å². The third-order valence-electron chi connectivity index (χ3n) is 3.13. The van der Waals surface area contributed by atoms with Gasteiger partial charge >= 0.3 is 0 Å². The molecular formula is C15H22N2O2. The Morgan fingerprint density at radius 2 is 1.58 bits per heavy atom. The number of hydrogen-bond acceptors (Lipinski definition) is 2. The van der Waals surface area contributed by atoms with Crippen molar-refractivity contribution in [3.63, 3.8) is 0 Å². The van der Waals surface area contributed by atoms with Gasteiger partial charge in [-0.05, 0) is 32.9 Å². The molecule has 1 aromatic rings. The number of carbonyl (C=O) groups is 2. The highest BCUT2D eigenvalue weighted by Gasteiger charge is 2.17. The Labute approximate surface area is 115 Å². The third-order valence-corrected chi connectivity index (χ3v) is 3.13. The molecule has 4 heteroatoms. The summed E-state index contributed by atoms with van der Waals surface area (Å²) < 4.78 is 0. The minimum absolute atomic E-state index is 0.0204. The van der Waals surface area contributed by atoms with E-state index in [-0.39, 0.29) is 18.4 Å². The normalized spacial score (nSPS) is 10.1. The summed E-state index contributed by atoms with van der Waals surface area (Å²) in [6.07, 6.45) is 0. The standard InChI is InChI=1S/C15H22N2O2/c1-5-17(6-2)14(18)11-16(4)15(19)13-9-7-12(3)8-10-13/h7-10H,5-6,11H2,1-4H3. The van der Waals surface area contributed by atoms with Crippen molar-refractivity contribution >= 4 is 11.8 Å². The van der Waals surface area contributed by atoms with E-state index < -0.39 is 0 Å². The van der Waals surface area contributed by atoms with Crippen molar-refractivity contribution in [1.82, 2.24) is 9.80 Å². The molecule has 0 atom stereocenters. The second kappa shape index (κ2) is 6.92. The van der Waals surface area contributed by atoms with Crippen molar-refractivity contribution in [1.29, 1.82) is 0 Å². The van der Waals surface area contributed by atoms with Crippen LogP contribution in [-0.2, 0) is 4.79 Å². The first-order valence-electron chi connectivity index (χ1n) is 6.59. The van der Waals surface area contributed by atoms with Gasteiger partial charge in [0.2, 0.25) is 5.91 Å². The molecule has 0 bridgehead atoms. The molecule has 0 aromatic heterocycles. The molecule has 0 fully saturated rings. The average molecular weight is 262 g/mol. The highest BCUT2D eigenvalue weighted by molar-refractivity contribution is 5.96. The lowest BCUT2D eigenvalue weighted by molar-refractivity contribution is -0.131. The fraction of sp³-hybridized carbons (Fsp3) is 0.467. The molecule has 0 N–H and O–H groups in total. The molecular weight excluding hydrogens is 240 g/mol. The number of carbonyl (C=O) groups excluding carboxylic acids is 2. The van der Waals surface area contributed by atoms with Crippen LogP contribution < -0.4 is 0 Å². The zero-order chi connectivity index (χ0) is 14.4. The van der Waals surface area contributed by atoms with Crippen molar-refractivity contribution in [2.75, 3.05) is 26.7 Å². The van der Waals surface area contributed by atoms with E-state index in [1.54, 1.807) is 24.1 Å². The minimum atomic E-state index is -0.125. The summed E-state index contributed by atoms with van der Waals surface area (Å²) in [5.74, 6) is -0.145. The Bertz CT molecular complexity index is 436. The number of hydrogen-bond donors (Lipinski definition) is 0. The quantitative estimate of drug-likeness (QED) is 0.813. The molecule has 0 saturated carbocycles. The van der Waals surface area contributed by atoms with Gasteiger partial charge in [0.1, 0.15) is 0 Å². The third kappa shape index (κ3) is 4.09. The predicted octanol–water partition coefficient (Wildman–Crippen LogP) is 1.94. The van der Waals surface area contributed by atoms with Gasteiger partial charge in [-0.3, -0.25) is 9.59 Å². The van der Waals surface area contributed by atoms with Gasteiger partial charge in [0.25, 0.3) is 5.91 Å². The second-order valence-corrected chi connectivity index (χ2v) is 4.59. The van der Waals surface area contributed by atoms with E-state index in [0.29, 0.717) is 18.7 Å². The molecule has 0 heterocycles. The van der Waals surface area contributed by atoms with Gasteiger partial charge < -0.3 is 9.80 Å². The average Bonchev–Trinajstić information content (AvgIpc) is 2.40. The second-order valence-electron chi connectivity index (χ2n) is 4.59. The first-order chi connectivity index (χ1) is 8.99. The Kier molecular flexibility index (Phi) is 5.55. The van der Waals surface area contributed by atoms with Crippen molar-refractivity contribution in [3.8, 4) is 0 Å². The predicted molar refractivity (Wildman–Crippen MR) is 76.1 cm³/mol. The summed E-state index contributed by atoms with van der Waals surface area (Å²) in [6.45, 7) is 7.30. The van der Waals surface area contributed by atoms with Crippen molar-refractivity contribution in [2.45, 2.75) is 20.8 Å². The lowest BCUT2D eigenvalue weighted by Gasteiger charge is -2.23. The molecule has 104 valence electrons. The van der Waals surface area contributed by atoms with E-state index in [2.05, 4.69) is 0 Å². The van der Waals surface area contributed by atoms with Crippen LogP contribution in [0, 0.1) is 6.92 Å². The summed E-state index contributed by atoms with van der Waals surface area (Å²) >= 11 is 0. The lowest BCUT2D eigenvalue weighted by Crippen LogP contribution is -2.41. The molecule has 0 radical (unpaired) electrons. The molecule has 0 aliphatic rings. The maximum atomic E-state index is 12.1. The van der Waals surface area contributed by atoms with E-state index in [0.717, 1.165) is 5.56 Å². The SMILES string of the molecule is CCN(CC)C(=O)CN(C)C(=O)c1ccc(C)cc1. The first kappa shape index (κ1) is 15.2. The highest BCUT2D eigenvalue weighted by Crippen LogP contribution is 2.06. The Hall–Kier alpha value is -1.84. The van der Waals surface area contributed by atoms with Gasteiger partial charge in [-0.1, -0.05) is 17.7 Å². The van der Waals surface area contributed by atoms with Gasteiger partial charge in [0, 0.05) is 25.7 Å². The van der Waals surface area contributed by atoms with E-state index in [4.69, 9.17) is 0 Å². The number of rotatable bonds is 5. The van der Waals surface area contributed by atoms with Gasteiger partial charge in [-0.2, -0.15) is 0 Å². The zero-order valence-electron chi connectivity index (χ0n) is 12.1. The maximum Gasteiger partial charge on any atom is 0.254 e. The van der Waals surface area contributed by atoms with Crippen molar-refractivity contribution in [2.24, 2.45) is 0 Å². The monoisotopic (exact) mass is 262 g/mol. The summed E-state index contributed by atoms with van der Waals surface area (Å²) in [6, 6.07) is 7.37. The van der Waals surface area contributed by atoms with E-state index in [9.17, 15) is 9.59 Å². The van der Waals surface area contributed by atoms with Gasteiger partial charge in [-0.25, -0.2) is 0 Å². The van der Waals surface area contributed by atoms with E-state index >= 15 is 0 Å². The molecule has 0 aliphatic heterocycles. The summed E-state index contributed by atoms with van der Waals surface area (Å²) in [5.41, 5.74) is 1.72. The smallest absolute Gasteiger partial charge is 0.254 e. The lowest BCUT2D eigenvalue weighted by atomic mass is 10.1. The number of aryl methyl sites for hydroxylation is 1. The summed E-state index contributed by atoms with van der Waals surface area (Å²) in [5, 5.41) is 0. The Morgan fingerprint density at radius 3 is 2.05 bits per heavy atom. The first-order valence-corrected chi connectivity index (χ1v) is 6.59. The molecule has 2 amide bonds. The van der Waals surface area contributed by atoms with Crippen LogP contribution in [0.25, 0.3) is 0 Å². The molecule has 1 rings (SSSR count). The Morgan fingerprint density at radius 1 is 1.05 bits per heavy atom. The van der Waals surface area contributed by atoms with Crippen LogP contribution in [0.15, 0.2) is 24.3 Å². The fourth-order valence-corrected chi connectivity index (χ4v) is 1.87. The number of amides is 2. The van der Waals surface area contributed by atoms with Gasteiger partial charge in [0.05, 0.1) is 6.54 Å². The molecule has 19 heavy (non-hydrogen) atoms. The Balaban J connectivity index is 2.67. The van der Waals surface area contributed by atoms with Gasteiger partial charge in [-0.15, -0.1) is 0 Å².